The normalized spacial score (nSPS) is 15.2. The summed E-state index contributed by atoms with van der Waals surface area (Å²) in [5.41, 5.74) is 2.17. The van der Waals surface area contributed by atoms with Crippen molar-refractivity contribution in [2.45, 2.75) is 76.2 Å². The van der Waals surface area contributed by atoms with E-state index < -0.39 is 0 Å². The van der Waals surface area contributed by atoms with Gasteiger partial charge < -0.3 is 5.32 Å². The Hall–Kier alpha value is -2.61. The standard InChI is InChI=1S/C25H33N5O2S/c1-17(2)14-16-29-23(32)20-11-7-8-12-21(20)30-24(29)27-28-25(30)33-18(3)22(31)26-15-13-19-9-5-4-6-10-19/h7-9,11-12,17-18H,4-6,10,13-16H2,1-3H3,(H,26,31). The van der Waals surface area contributed by atoms with E-state index in [2.05, 4.69) is 35.4 Å². The quantitative estimate of drug-likeness (QED) is 0.368. The number of fused-ring (bicyclic) bond motifs is 3. The summed E-state index contributed by atoms with van der Waals surface area (Å²) in [6.07, 6.45) is 8.95. The highest BCUT2D eigenvalue weighted by molar-refractivity contribution is 8.00. The van der Waals surface area contributed by atoms with Gasteiger partial charge in [0.15, 0.2) is 5.16 Å². The Morgan fingerprint density at radius 3 is 2.76 bits per heavy atom. The van der Waals surface area contributed by atoms with Crippen molar-refractivity contribution >= 4 is 34.3 Å². The van der Waals surface area contributed by atoms with Gasteiger partial charge in [-0.05, 0) is 63.5 Å². The molecule has 3 aromatic rings. The number of aromatic nitrogens is 4. The summed E-state index contributed by atoms with van der Waals surface area (Å²) in [5, 5.41) is 12.7. The fourth-order valence-corrected chi connectivity index (χ4v) is 5.11. The molecule has 0 aliphatic heterocycles. The van der Waals surface area contributed by atoms with E-state index >= 15 is 0 Å². The summed E-state index contributed by atoms with van der Waals surface area (Å²) < 4.78 is 3.63. The highest BCUT2D eigenvalue weighted by Crippen LogP contribution is 2.25. The van der Waals surface area contributed by atoms with E-state index in [1.54, 1.807) is 4.57 Å². The van der Waals surface area contributed by atoms with Crippen molar-refractivity contribution in [2.24, 2.45) is 5.92 Å². The molecule has 7 nitrogen and oxygen atoms in total. The van der Waals surface area contributed by atoms with E-state index in [4.69, 9.17) is 0 Å². The monoisotopic (exact) mass is 467 g/mol. The van der Waals surface area contributed by atoms with Crippen LogP contribution in [0.2, 0.25) is 0 Å². The predicted octanol–water partition coefficient (Wildman–Crippen LogP) is 4.58. The molecule has 2 aromatic heterocycles. The lowest BCUT2D eigenvalue weighted by Crippen LogP contribution is -2.32. The van der Waals surface area contributed by atoms with Gasteiger partial charge in [0.25, 0.3) is 5.56 Å². The van der Waals surface area contributed by atoms with Crippen LogP contribution < -0.4 is 10.9 Å². The first-order valence-electron chi connectivity index (χ1n) is 11.9. The summed E-state index contributed by atoms with van der Waals surface area (Å²) in [4.78, 5) is 25.9. The highest BCUT2D eigenvalue weighted by Gasteiger charge is 2.21. The molecule has 0 saturated heterocycles. The lowest BCUT2D eigenvalue weighted by Gasteiger charge is -2.15. The second kappa shape index (κ2) is 10.5. The average Bonchev–Trinajstić information content (AvgIpc) is 3.23. The minimum atomic E-state index is -0.326. The third kappa shape index (κ3) is 5.32. The molecule has 176 valence electrons. The van der Waals surface area contributed by atoms with Crippen molar-refractivity contribution in [3.63, 3.8) is 0 Å². The molecule has 1 amide bonds. The minimum absolute atomic E-state index is 0.00871. The van der Waals surface area contributed by atoms with Crippen LogP contribution >= 0.6 is 11.8 Å². The molecule has 0 radical (unpaired) electrons. The maximum atomic E-state index is 13.1. The van der Waals surface area contributed by atoms with Crippen molar-refractivity contribution in [2.75, 3.05) is 6.54 Å². The molecule has 1 N–H and O–H groups in total. The number of para-hydroxylation sites is 1. The van der Waals surface area contributed by atoms with Crippen LogP contribution in [0.4, 0.5) is 0 Å². The van der Waals surface area contributed by atoms with Gasteiger partial charge >= 0.3 is 0 Å². The molecular weight excluding hydrogens is 434 g/mol. The van der Waals surface area contributed by atoms with Crippen LogP contribution in [-0.4, -0.2) is 36.9 Å². The van der Waals surface area contributed by atoms with Gasteiger partial charge in [-0.15, -0.1) is 10.2 Å². The van der Waals surface area contributed by atoms with Crippen LogP contribution in [0.1, 0.15) is 59.3 Å². The molecular formula is C25H33N5O2S. The predicted molar refractivity (Wildman–Crippen MR) is 134 cm³/mol. The Morgan fingerprint density at radius 1 is 1.18 bits per heavy atom. The number of carbonyl (C=O) groups is 1. The molecule has 1 unspecified atom stereocenters. The number of amides is 1. The second-order valence-electron chi connectivity index (χ2n) is 9.18. The first kappa shape index (κ1) is 23.5. The lowest BCUT2D eigenvalue weighted by molar-refractivity contribution is -0.120. The molecule has 2 heterocycles. The summed E-state index contributed by atoms with van der Waals surface area (Å²) >= 11 is 1.37. The zero-order valence-corrected chi connectivity index (χ0v) is 20.5. The molecule has 0 saturated carbocycles. The number of thioether (sulfide) groups is 1. The van der Waals surface area contributed by atoms with Crippen LogP contribution in [-0.2, 0) is 11.3 Å². The first-order valence-corrected chi connectivity index (χ1v) is 12.8. The molecule has 4 rings (SSSR count). The van der Waals surface area contributed by atoms with Crippen LogP contribution in [0, 0.1) is 5.92 Å². The fraction of sp³-hybridized carbons (Fsp3) is 0.520. The number of aryl methyl sites for hydroxylation is 1. The van der Waals surface area contributed by atoms with E-state index in [0.717, 1.165) is 31.2 Å². The largest absolute Gasteiger partial charge is 0.355 e. The van der Waals surface area contributed by atoms with Gasteiger partial charge in [0, 0.05) is 13.1 Å². The Morgan fingerprint density at radius 2 is 2.00 bits per heavy atom. The molecule has 1 atom stereocenters. The molecule has 33 heavy (non-hydrogen) atoms. The number of nitrogens with one attached hydrogen (secondary N) is 1. The Kier molecular flexibility index (Phi) is 7.53. The molecule has 8 heteroatoms. The number of rotatable bonds is 9. The second-order valence-corrected chi connectivity index (χ2v) is 10.5. The molecule has 1 aliphatic carbocycles. The van der Waals surface area contributed by atoms with Crippen LogP contribution in [0.25, 0.3) is 16.7 Å². The molecule has 0 fully saturated rings. The Balaban J connectivity index is 1.55. The fourth-order valence-electron chi connectivity index (χ4n) is 4.23. The van der Waals surface area contributed by atoms with E-state index in [0.29, 0.717) is 35.3 Å². The van der Waals surface area contributed by atoms with E-state index in [1.165, 1.54) is 30.2 Å². The number of carbonyl (C=O) groups excluding carboxylic acids is 1. The molecule has 1 aliphatic rings. The van der Waals surface area contributed by atoms with Gasteiger partial charge in [0.2, 0.25) is 11.7 Å². The Bertz CT molecular complexity index is 1230. The number of hydrogen-bond acceptors (Lipinski definition) is 5. The highest BCUT2D eigenvalue weighted by atomic mass is 32.2. The average molecular weight is 468 g/mol. The zero-order valence-electron chi connectivity index (χ0n) is 19.7. The number of allylic oxidation sites excluding steroid dienone is 1. The van der Waals surface area contributed by atoms with Gasteiger partial charge in [-0.2, -0.15) is 0 Å². The third-order valence-corrected chi connectivity index (χ3v) is 7.23. The van der Waals surface area contributed by atoms with Crippen molar-refractivity contribution in [1.82, 2.24) is 24.5 Å². The maximum Gasteiger partial charge on any atom is 0.262 e. The van der Waals surface area contributed by atoms with Gasteiger partial charge in [0.1, 0.15) is 0 Å². The minimum Gasteiger partial charge on any atom is -0.355 e. The van der Waals surface area contributed by atoms with Gasteiger partial charge in [0.05, 0.1) is 16.2 Å². The van der Waals surface area contributed by atoms with E-state index in [1.807, 2.05) is 35.6 Å². The van der Waals surface area contributed by atoms with Crippen LogP contribution in [0.15, 0.2) is 45.9 Å². The van der Waals surface area contributed by atoms with Gasteiger partial charge in [-0.3, -0.25) is 18.6 Å². The molecule has 1 aromatic carbocycles. The van der Waals surface area contributed by atoms with Crippen molar-refractivity contribution in [1.29, 1.82) is 0 Å². The third-order valence-electron chi connectivity index (χ3n) is 6.19. The zero-order chi connectivity index (χ0) is 23.4. The summed E-state index contributed by atoms with van der Waals surface area (Å²) in [7, 11) is 0. The lowest BCUT2D eigenvalue weighted by atomic mass is 9.97. The molecule has 0 bridgehead atoms. The number of hydrogen-bond donors (Lipinski definition) is 1. The first-order chi connectivity index (χ1) is 16.0. The van der Waals surface area contributed by atoms with Gasteiger partial charge in [-0.25, -0.2) is 0 Å². The summed E-state index contributed by atoms with van der Waals surface area (Å²) in [5.74, 6) is 0.984. The smallest absolute Gasteiger partial charge is 0.262 e. The van der Waals surface area contributed by atoms with E-state index in [-0.39, 0.29) is 16.7 Å². The van der Waals surface area contributed by atoms with Crippen molar-refractivity contribution in [3.8, 4) is 0 Å². The Labute approximate surface area is 198 Å². The molecule has 0 spiro atoms. The maximum absolute atomic E-state index is 13.1. The van der Waals surface area contributed by atoms with Gasteiger partial charge in [-0.1, -0.05) is 49.4 Å². The number of nitrogens with zero attached hydrogens (tertiary/aromatic N) is 4. The number of benzene rings is 1. The van der Waals surface area contributed by atoms with Crippen LogP contribution in [0.3, 0.4) is 0 Å². The van der Waals surface area contributed by atoms with Crippen molar-refractivity contribution in [3.05, 3.63) is 46.3 Å². The summed E-state index contributed by atoms with van der Waals surface area (Å²) in [6, 6.07) is 7.53. The van der Waals surface area contributed by atoms with E-state index in [9.17, 15) is 9.59 Å². The topological polar surface area (TPSA) is 81.3 Å². The SMILES string of the molecule is CC(C)CCn1c(=O)c2ccccc2n2c(SC(C)C(=O)NCCC3=CCCCC3)nnc12. The van der Waals surface area contributed by atoms with Crippen molar-refractivity contribution < 1.29 is 4.79 Å². The summed E-state index contributed by atoms with van der Waals surface area (Å²) in [6.45, 7) is 7.41. The van der Waals surface area contributed by atoms with Crippen LogP contribution in [0.5, 0.6) is 0 Å².